The molecule has 1 aliphatic heterocycles. The number of nitrogens with zero attached hydrogens (tertiary/aromatic N) is 1. The fraction of sp³-hybridized carbons (Fsp3) is 0.353. The molecule has 0 radical (unpaired) electrons. The van der Waals surface area contributed by atoms with Crippen molar-refractivity contribution in [3.63, 3.8) is 0 Å². The Morgan fingerprint density at radius 3 is 2.83 bits per heavy atom. The van der Waals surface area contributed by atoms with E-state index in [2.05, 4.69) is 21.7 Å². The zero-order chi connectivity index (χ0) is 16.2. The first-order chi connectivity index (χ1) is 11.1. The van der Waals surface area contributed by atoms with Crippen molar-refractivity contribution in [1.82, 2.24) is 10.2 Å². The Hall–Kier alpha value is -1.43. The molecule has 0 saturated carbocycles. The van der Waals surface area contributed by atoms with E-state index in [9.17, 15) is 9.18 Å². The van der Waals surface area contributed by atoms with Gasteiger partial charge in [0.25, 0.3) is 0 Å². The SMILES string of the molecule is O=C(Cc1c(F)cccc1Cl)NC[C@H](c1ccsc1)N1CCC1. The summed E-state index contributed by atoms with van der Waals surface area (Å²) in [5.41, 5.74) is 1.47. The fourth-order valence-electron chi connectivity index (χ4n) is 2.71. The van der Waals surface area contributed by atoms with E-state index in [1.807, 2.05) is 5.38 Å². The van der Waals surface area contributed by atoms with Crippen LogP contribution in [0.4, 0.5) is 4.39 Å². The Balaban J connectivity index is 1.61. The summed E-state index contributed by atoms with van der Waals surface area (Å²) in [7, 11) is 0. The largest absolute Gasteiger partial charge is 0.354 e. The third-order valence-electron chi connectivity index (χ3n) is 4.15. The smallest absolute Gasteiger partial charge is 0.224 e. The third kappa shape index (κ3) is 3.91. The number of nitrogens with one attached hydrogen (secondary N) is 1. The van der Waals surface area contributed by atoms with Crippen LogP contribution in [0.2, 0.25) is 5.02 Å². The van der Waals surface area contributed by atoms with E-state index >= 15 is 0 Å². The van der Waals surface area contributed by atoms with Crippen LogP contribution < -0.4 is 5.32 Å². The Morgan fingerprint density at radius 2 is 2.22 bits per heavy atom. The second kappa shape index (κ2) is 7.43. The first kappa shape index (κ1) is 16.4. The van der Waals surface area contributed by atoms with Gasteiger partial charge < -0.3 is 5.32 Å². The number of amides is 1. The average molecular weight is 353 g/mol. The summed E-state index contributed by atoms with van der Waals surface area (Å²) in [4.78, 5) is 14.5. The lowest BCUT2D eigenvalue weighted by molar-refractivity contribution is -0.120. The Bertz CT molecular complexity index is 653. The van der Waals surface area contributed by atoms with Crippen molar-refractivity contribution in [2.75, 3.05) is 19.6 Å². The molecule has 1 saturated heterocycles. The van der Waals surface area contributed by atoms with E-state index in [1.54, 1.807) is 17.4 Å². The van der Waals surface area contributed by atoms with E-state index in [4.69, 9.17) is 11.6 Å². The van der Waals surface area contributed by atoms with Crippen molar-refractivity contribution < 1.29 is 9.18 Å². The highest BCUT2D eigenvalue weighted by Gasteiger charge is 2.26. The maximum atomic E-state index is 13.8. The first-order valence-electron chi connectivity index (χ1n) is 7.61. The maximum Gasteiger partial charge on any atom is 0.224 e. The van der Waals surface area contributed by atoms with Gasteiger partial charge in [-0.25, -0.2) is 4.39 Å². The highest BCUT2D eigenvalue weighted by Crippen LogP contribution is 2.27. The predicted molar refractivity (Wildman–Crippen MR) is 91.4 cm³/mol. The molecule has 1 aliphatic rings. The lowest BCUT2D eigenvalue weighted by Gasteiger charge is -2.38. The van der Waals surface area contributed by atoms with Crippen molar-refractivity contribution in [1.29, 1.82) is 0 Å². The lowest BCUT2D eigenvalue weighted by Crippen LogP contribution is -2.45. The zero-order valence-electron chi connectivity index (χ0n) is 12.6. The summed E-state index contributed by atoms with van der Waals surface area (Å²) in [5.74, 6) is -0.650. The van der Waals surface area contributed by atoms with Crippen LogP contribution in [0.3, 0.4) is 0 Å². The number of carbonyl (C=O) groups is 1. The molecule has 0 unspecified atom stereocenters. The Kier molecular flexibility index (Phi) is 5.30. The normalized spacial score (nSPS) is 15.9. The number of hydrogen-bond donors (Lipinski definition) is 1. The summed E-state index contributed by atoms with van der Waals surface area (Å²) < 4.78 is 13.8. The Morgan fingerprint density at radius 1 is 1.39 bits per heavy atom. The molecule has 2 heterocycles. The summed E-state index contributed by atoms with van der Waals surface area (Å²) in [6.07, 6.45) is 1.15. The molecule has 122 valence electrons. The number of benzene rings is 1. The van der Waals surface area contributed by atoms with Crippen molar-refractivity contribution in [2.45, 2.75) is 18.9 Å². The van der Waals surface area contributed by atoms with Gasteiger partial charge in [-0.2, -0.15) is 11.3 Å². The average Bonchev–Trinajstić information content (AvgIpc) is 2.99. The molecule has 6 heteroatoms. The molecule has 1 N–H and O–H groups in total. The molecule has 0 spiro atoms. The molecular formula is C17H18ClFN2OS. The predicted octanol–water partition coefficient (Wildman–Crippen LogP) is 3.65. The van der Waals surface area contributed by atoms with Gasteiger partial charge in [-0.05, 0) is 40.9 Å². The quantitative estimate of drug-likeness (QED) is 0.860. The van der Waals surface area contributed by atoms with Gasteiger partial charge in [-0.3, -0.25) is 9.69 Å². The minimum absolute atomic E-state index is 0.0398. The van der Waals surface area contributed by atoms with E-state index in [0.717, 1.165) is 13.1 Å². The fourth-order valence-corrected chi connectivity index (χ4v) is 3.65. The third-order valence-corrected chi connectivity index (χ3v) is 5.21. The highest BCUT2D eigenvalue weighted by atomic mass is 35.5. The number of carbonyl (C=O) groups excluding carboxylic acids is 1. The zero-order valence-corrected chi connectivity index (χ0v) is 14.2. The number of likely N-dealkylation sites (tertiary alicyclic amines) is 1. The monoisotopic (exact) mass is 352 g/mol. The molecule has 0 bridgehead atoms. The topological polar surface area (TPSA) is 32.3 Å². The molecule has 0 aliphatic carbocycles. The number of hydrogen-bond acceptors (Lipinski definition) is 3. The first-order valence-corrected chi connectivity index (χ1v) is 8.93. The Labute approximate surface area is 144 Å². The maximum absolute atomic E-state index is 13.8. The molecule has 3 nitrogen and oxygen atoms in total. The number of halogens is 2. The van der Waals surface area contributed by atoms with Gasteiger partial charge in [0, 0.05) is 30.2 Å². The number of thiophene rings is 1. The highest BCUT2D eigenvalue weighted by molar-refractivity contribution is 7.07. The molecule has 2 aromatic rings. The van der Waals surface area contributed by atoms with Crippen molar-refractivity contribution in [3.05, 3.63) is 57.0 Å². The summed E-state index contributed by atoms with van der Waals surface area (Å²) in [6.45, 7) is 2.63. The minimum atomic E-state index is -0.440. The van der Waals surface area contributed by atoms with E-state index in [1.165, 1.54) is 24.1 Å². The van der Waals surface area contributed by atoms with Crippen LogP contribution in [-0.2, 0) is 11.2 Å². The molecule has 1 aromatic heterocycles. The van der Waals surface area contributed by atoms with Gasteiger partial charge in [0.2, 0.25) is 5.91 Å². The molecule has 1 atom stereocenters. The second-order valence-corrected chi connectivity index (χ2v) is 6.83. The van der Waals surface area contributed by atoms with Crippen LogP contribution >= 0.6 is 22.9 Å². The summed E-state index contributed by atoms with van der Waals surface area (Å²) in [6, 6.07) is 6.74. The van der Waals surface area contributed by atoms with Gasteiger partial charge in [0.05, 0.1) is 12.5 Å². The number of rotatable bonds is 6. The molecule has 23 heavy (non-hydrogen) atoms. The lowest BCUT2D eigenvalue weighted by atomic mass is 10.0. The van der Waals surface area contributed by atoms with Crippen LogP contribution in [-0.4, -0.2) is 30.4 Å². The van der Waals surface area contributed by atoms with Gasteiger partial charge in [-0.15, -0.1) is 0 Å². The van der Waals surface area contributed by atoms with Crippen molar-refractivity contribution in [3.8, 4) is 0 Å². The molecule has 1 aromatic carbocycles. The van der Waals surface area contributed by atoms with E-state index < -0.39 is 5.82 Å². The molecule has 1 fully saturated rings. The van der Waals surface area contributed by atoms with Gasteiger partial charge in [0.15, 0.2) is 0 Å². The summed E-state index contributed by atoms with van der Waals surface area (Å²) >= 11 is 7.63. The minimum Gasteiger partial charge on any atom is -0.354 e. The summed E-state index contributed by atoms with van der Waals surface area (Å²) in [5, 5.41) is 7.37. The van der Waals surface area contributed by atoms with Crippen LogP contribution in [0.15, 0.2) is 35.0 Å². The van der Waals surface area contributed by atoms with Gasteiger partial charge in [-0.1, -0.05) is 17.7 Å². The van der Waals surface area contributed by atoms with Gasteiger partial charge in [0.1, 0.15) is 5.82 Å². The van der Waals surface area contributed by atoms with Crippen LogP contribution in [0.25, 0.3) is 0 Å². The second-order valence-electron chi connectivity index (χ2n) is 5.64. The van der Waals surface area contributed by atoms with Crippen molar-refractivity contribution in [2.24, 2.45) is 0 Å². The van der Waals surface area contributed by atoms with E-state index in [-0.39, 0.29) is 29.0 Å². The standard InChI is InChI=1S/C17H18ClFN2OS/c18-14-3-1-4-15(19)13(14)9-17(22)20-10-16(21-6-2-7-21)12-5-8-23-11-12/h1,3-5,8,11,16H,2,6-7,9-10H2,(H,20,22)/t16-/m1/s1. The van der Waals surface area contributed by atoms with Crippen LogP contribution in [0, 0.1) is 5.82 Å². The molecule has 1 amide bonds. The van der Waals surface area contributed by atoms with Crippen molar-refractivity contribution >= 4 is 28.8 Å². The van der Waals surface area contributed by atoms with Crippen LogP contribution in [0.5, 0.6) is 0 Å². The van der Waals surface area contributed by atoms with Crippen LogP contribution in [0.1, 0.15) is 23.6 Å². The van der Waals surface area contributed by atoms with Gasteiger partial charge >= 0.3 is 0 Å². The molecular weight excluding hydrogens is 335 g/mol. The molecule has 3 rings (SSSR count). The van der Waals surface area contributed by atoms with E-state index in [0.29, 0.717) is 6.54 Å².